The molecule has 0 aromatic heterocycles. The van der Waals surface area contributed by atoms with Crippen molar-refractivity contribution in [3.8, 4) is 0 Å². The number of thiocarbonyl (C=S) groups is 1. The first-order valence-corrected chi connectivity index (χ1v) is 6.87. The Hall–Kier alpha value is -1.32. The largest absolute Gasteiger partial charge is 0.389 e. The molecule has 9 heteroatoms. The molecule has 0 spiro atoms. The van der Waals surface area contributed by atoms with E-state index in [0.717, 1.165) is 0 Å². The van der Waals surface area contributed by atoms with E-state index in [4.69, 9.17) is 10.9 Å². The monoisotopic (exact) mass is 295 g/mol. The van der Waals surface area contributed by atoms with Gasteiger partial charge in [0.1, 0.15) is 4.99 Å². The number of primary sulfonamides is 1. The zero-order chi connectivity index (χ0) is 13.9. The highest BCUT2D eigenvalue weighted by molar-refractivity contribution is 7.89. The summed E-state index contributed by atoms with van der Waals surface area (Å²) in [6, 6.07) is 2.43. The first kappa shape index (κ1) is 14.7. The molecule has 0 atom stereocenters. The van der Waals surface area contributed by atoms with Gasteiger partial charge in [-0.15, -0.1) is 0 Å². The molecule has 0 aliphatic carbocycles. The number of nitrogens with one attached hydrogen (secondary N) is 1. The lowest BCUT2D eigenvalue weighted by Crippen LogP contribution is -2.23. The lowest BCUT2D eigenvalue weighted by molar-refractivity contribution is 0.509. The number of hydrogen-bond donors (Lipinski definition) is 3. The molecule has 0 unspecified atom stereocenters. The van der Waals surface area contributed by atoms with Gasteiger partial charge in [-0.2, -0.15) is 0 Å². The Labute approximate surface area is 108 Å². The van der Waals surface area contributed by atoms with E-state index in [1.54, 1.807) is 0 Å². The summed E-state index contributed by atoms with van der Waals surface area (Å²) in [6.07, 6.45) is 0. The summed E-state index contributed by atoms with van der Waals surface area (Å²) in [4.78, 5) is -0.262. The first-order valence-electron chi connectivity index (χ1n) is 4.74. The molecule has 100 valence electrons. The van der Waals surface area contributed by atoms with Crippen LogP contribution in [-0.4, -0.2) is 25.7 Å². The van der Waals surface area contributed by atoms with E-state index in [0.29, 0.717) is 0 Å². The lowest BCUT2D eigenvalue weighted by atomic mass is 10.2. The van der Waals surface area contributed by atoms with Gasteiger partial charge in [-0.05, 0) is 12.1 Å². The summed E-state index contributed by atoms with van der Waals surface area (Å²) in [6.45, 7) is -0.137. The minimum Gasteiger partial charge on any atom is -0.389 e. The van der Waals surface area contributed by atoms with Crippen molar-refractivity contribution >= 4 is 32.9 Å². The first-order chi connectivity index (χ1) is 8.22. The number of anilines is 1. The Morgan fingerprint density at radius 3 is 2.44 bits per heavy atom. The SMILES string of the molecule is NC(=S)c1ccc(NCCS(N)(=O)=O)c(F)c1F. The molecule has 0 aliphatic heterocycles. The fourth-order valence-electron chi connectivity index (χ4n) is 1.20. The molecule has 5 N–H and O–H groups in total. The summed E-state index contributed by atoms with van der Waals surface area (Å²) < 4.78 is 48.3. The van der Waals surface area contributed by atoms with Crippen molar-refractivity contribution in [3.63, 3.8) is 0 Å². The Morgan fingerprint density at radius 2 is 1.94 bits per heavy atom. The average Bonchev–Trinajstić information content (AvgIpc) is 2.22. The summed E-state index contributed by atoms with van der Waals surface area (Å²) in [5, 5.41) is 7.18. The molecular formula is C9H11F2N3O2S2. The van der Waals surface area contributed by atoms with Crippen LogP contribution in [0.15, 0.2) is 12.1 Å². The fraction of sp³-hybridized carbons (Fsp3) is 0.222. The molecule has 1 aromatic rings. The summed E-state index contributed by atoms with van der Waals surface area (Å²) in [5.74, 6) is -2.75. The second-order valence-electron chi connectivity index (χ2n) is 3.45. The van der Waals surface area contributed by atoms with Gasteiger partial charge in [-0.25, -0.2) is 22.3 Å². The molecule has 18 heavy (non-hydrogen) atoms. The molecule has 5 nitrogen and oxygen atoms in total. The van der Waals surface area contributed by atoms with Crippen LogP contribution in [0.5, 0.6) is 0 Å². The normalized spacial score (nSPS) is 11.3. The van der Waals surface area contributed by atoms with Gasteiger partial charge >= 0.3 is 0 Å². The van der Waals surface area contributed by atoms with Crippen LogP contribution in [-0.2, 0) is 10.0 Å². The third kappa shape index (κ3) is 3.86. The molecule has 0 saturated carbocycles. The Balaban J connectivity index is 2.86. The maximum absolute atomic E-state index is 13.5. The molecule has 0 bridgehead atoms. The highest BCUT2D eigenvalue weighted by Gasteiger charge is 2.15. The number of sulfonamides is 1. The van der Waals surface area contributed by atoms with E-state index in [2.05, 4.69) is 17.5 Å². The van der Waals surface area contributed by atoms with Crippen LogP contribution in [0.2, 0.25) is 0 Å². The van der Waals surface area contributed by atoms with Crippen LogP contribution < -0.4 is 16.2 Å². The van der Waals surface area contributed by atoms with E-state index in [1.165, 1.54) is 12.1 Å². The molecule has 0 aliphatic rings. The number of rotatable bonds is 5. The van der Waals surface area contributed by atoms with Crippen LogP contribution >= 0.6 is 12.2 Å². The van der Waals surface area contributed by atoms with Crippen LogP contribution in [0.4, 0.5) is 14.5 Å². The van der Waals surface area contributed by atoms with Crippen LogP contribution in [0.25, 0.3) is 0 Å². The summed E-state index contributed by atoms with van der Waals surface area (Å²) in [5.41, 5.74) is 4.81. The quantitative estimate of drug-likeness (QED) is 0.679. The van der Waals surface area contributed by atoms with Gasteiger partial charge in [-0.3, -0.25) is 0 Å². The molecule has 0 heterocycles. The second-order valence-corrected chi connectivity index (χ2v) is 5.62. The van der Waals surface area contributed by atoms with Crippen molar-refractivity contribution in [1.29, 1.82) is 0 Å². The van der Waals surface area contributed by atoms with Gasteiger partial charge < -0.3 is 11.1 Å². The Morgan fingerprint density at radius 1 is 1.33 bits per heavy atom. The van der Waals surface area contributed by atoms with Gasteiger partial charge in [0.25, 0.3) is 0 Å². The maximum Gasteiger partial charge on any atom is 0.210 e. The summed E-state index contributed by atoms with van der Waals surface area (Å²) >= 11 is 4.54. The predicted octanol–water partition coefficient (Wildman–Crippen LogP) is 0.299. The van der Waals surface area contributed by atoms with E-state index >= 15 is 0 Å². The fourth-order valence-corrected chi connectivity index (χ4v) is 1.75. The van der Waals surface area contributed by atoms with Crippen LogP contribution in [0, 0.1) is 11.6 Å². The van der Waals surface area contributed by atoms with E-state index < -0.39 is 27.4 Å². The minimum absolute atomic E-state index is 0.137. The lowest BCUT2D eigenvalue weighted by Gasteiger charge is -2.09. The van der Waals surface area contributed by atoms with Crippen molar-refractivity contribution in [2.75, 3.05) is 17.6 Å². The highest BCUT2D eigenvalue weighted by atomic mass is 32.2. The zero-order valence-electron chi connectivity index (χ0n) is 9.11. The maximum atomic E-state index is 13.5. The standard InChI is InChI=1S/C9H11F2N3O2S2/c10-7-5(9(12)17)1-2-6(8(7)11)14-3-4-18(13,15)16/h1-2,14H,3-4H2,(H2,12,17)(H2,13,15,16). The van der Waals surface area contributed by atoms with Crippen molar-refractivity contribution in [2.24, 2.45) is 10.9 Å². The van der Waals surface area contributed by atoms with Crippen molar-refractivity contribution < 1.29 is 17.2 Å². The van der Waals surface area contributed by atoms with Crippen LogP contribution in [0.1, 0.15) is 5.56 Å². The van der Waals surface area contributed by atoms with E-state index in [1.807, 2.05) is 0 Å². The molecule has 1 aromatic carbocycles. The van der Waals surface area contributed by atoms with Gasteiger partial charge in [-0.1, -0.05) is 12.2 Å². The van der Waals surface area contributed by atoms with Crippen molar-refractivity contribution in [2.45, 2.75) is 0 Å². The molecule has 0 fully saturated rings. The number of benzene rings is 1. The third-order valence-corrected chi connectivity index (χ3v) is 3.04. The molecule has 0 radical (unpaired) electrons. The van der Waals surface area contributed by atoms with Crippen molar-refractivity contribution in [1.82, 2.24) is 0 Å². The van der Waals surface area contributed by atoms with Crippen molar-refractivity contribution in [3.05, 3.63) is 29.3 Å². The van der Waals surface area contributed by atoms with Crippen LogP contribution in [0.3, 0.4) is 0 Å². The Bertz CT molecular complexity index is 575. The number of hydrogen-bond acceptors (Lipinski definition) is 4. The minimum atomic E-state index is -3.66. The van der Waals surface area contributed by atoms with E-state index in [9.17, 15) is 17.2 Å². The average molecular weight is 295 g/mol. The molecule has 0 saturated heterocycles. The van der Waals surface area contributed by atoms with Gasteiger partial charge in [0.15, 0.2) is 11.6 Å². The van der Waals surface area contributed by atoms with Gasteiger partial charge in [0.2, 0.25) is 10.0 Å². The second kappa shape index (κ2) is 5.55. The van der Waals surface area contributed by atoms with Gasteiger partial charge in [0, 0.05) is 12.1 Å². The third-order valence-electron chi connectivity index (χ3n) is 2.05. The van der Waals surface area contributed by atoms with Gasteiger partial charge in [0.05, 0.1) is 11.4 Å². The molecular weight excluding hydrogens is 284 g/mol. The molecule has 1 rings (SSSR count). The number of halogens is 2. The highest BCUT2D eigenvalue weighted by Crippen LogP contribution is 2.20. The predicted molar refractivity (Wildman–Crippen MR) is 68.7 cm³/mol. The number of nitrogens with two attached hydrogens (primary N) is 2. The summed E-state index contributed by atoms with van der Waals surface area (Å²) in [7, 11) is -3.66. The topological polar surface area (TPSA) is 98.2 Å². The van der Waals surface area contributed by atoms with E-state index in [-0.39, 0.29) is 22.8 Å². The molecule has 0 amide bonds. The zero-order valence-corrected chi connectivity index (χ0v) is 10.7. The Kier molecular flexibility index (Phi) is 4.54. The smallest absolute Gasteiger partial charge is 0.210 e.